The number of imidazole rings is 1. The highest BCUT2D eigenvalue weighted by Gasteiger charge is 2.34. The van der Waals surface area contributed by atoms with Crippen molar-refractivity contribution in [2.75, 3.05) is 24.6 Å². The van der Waals surface area contributed by atoms with Gasteiger partial charge < -0.3 is 17.4 Å². The van der Waals surface area contributed by atoms with Gasteiger partial charge in [-0.25, -0.2) is 4.98 Å². The van der Waals surface area contributed by atoms with Crippen LogP contribution in [0.5, 0.6) is 0 Å². The van der Waals surface area contributed by atoms with E-state index in [1.807, 2.05) is 13.1 Å². The van der Waals surface area contributed by atoms with Crippen molar-refractivity contribution in [3.8, 4) is 0 Å². The topological polar surface area (TPSA) is 28.7 Å². The molecule has 0 spiro atoms. The summed E-state index contributed by atoms with van der Waals surface area (Å²) in [6, 6.07) is 0. The predicted octanol–water partition coefficient (Wildman–Crippen LogP) is 7.83. The number of aromatic amines is 1. The molecule has 1 aromatic heterocycles. The quantitative estimate of drug-likeness (QED) is 0.123. The van der Waals surface area contributed by atoms with E-state index in [1.165, 1.54) is 109 Å². The maximum Gasteiger partial charge on any atom is 0.0922 e. The van der Waals surface area contributed by atoms with E-state index in [0.717, 1.165) is 5.69 Å². The van der Waals surface area contributed by atoms with Crippen molar-refractivity contribution in [3.05, 3.63) is 18.2 Å². The normalized spacial score (nSPS) is 11.1. The maximum absolute atomic E-state index is 3.86. The van der Waals surface area contributed by atoms with Gasteiger partial charge in [0, 0.05) is 13.5 Å². The Morgan fingerprint density at radius 3 is 1.21 bits per heavy atom. The lowest BCUT2D eigenvalue weighted by Crippen LogP contribution is -3.00. The molecule has 0 aliphatic heterocycles. The third-order valence-corrected chi connectivity index (χ3v) is 12.1. The highest BCUT2D eigenvalue weighted by atomic mass is 35.5. The second-order valence-electron chi connectivity index (χ2n) is 10.4. The zero-order valence-electron chi connectivity index (χ0n) is 24.0. The fourth-order valence-electron chi connectivity index (χ4n) is 4.77. The average molecular weight is 517 g/mol. The van der Waals surface area contributed by atoms with Gasteiger partial charge in [0.2, 0.25) is 0 Å². The van der Waals surface area contributed by atoms with E-state index in [-0.39, 0.29) is 12.4 Å². The summed E-state index contributed by atoms with van der Waals surface area (Å²) >= 11 is 0. The molecule has 2 nitrogen and oxygen atoms in total. The number of nitrogens with zero attached hydrogens (tertiary/aromatic N) is 1. The van der Waals surface area contributed by atoms with Crippen molar-refractivity contribution in [1.29, 1.82) is 0 Å². The lowest BCUT2D eigenvalue weighted by Gasteiger charge is -2.28. The molecule has 4 heteroatoms. The molecule has 0 fully saturated rings. The van der Waals surface area contributed by atoms with E-state index >= 15 is 0 Å². The first-order valence-electron chi connectivity index (χ1n) is 14.9. The highest BCUT2D eigenvalue weighted by molar-refractivity contribution is 7.75. The summed E-state index contributed by atoms with van der Waals surface area (Å²) in [5, 5.41) is 0. The molecule has 0 aliphatic carbocycles. The van der Waals surface area contributed by atoms with Crippen LogP contribution in [-0.4, -0.2) is 34.6 Å². The molecule has 0 radical (unpaired) electrons. The molecule has 0 amide bonds. The second kappa shape index (κ2) is 27.5. The molecule has 1 heterocycles. The lowest BCUT2D eigenvalue weighted by atomic mass is 10.1. The minimum Gasteiger partial charge on any atom is -1.00 e. The Labute approximate surface area is 222 Å². The summed E-state index contributed by atoms with van der Waals surface area (Å²) in [6.07, 6.45) is 36.5. The monoisotopic (exact) mass is 516 g/mol. The number of rotatable bonds is 22. The molecular formula is C30H62ClN2P. The predicted molar refractivity (Wildman–Crippen MR) is 156 cm³/mol. The average Bonchev–Trinajstić information content (AvgIpc) is 3.31. The van der Waals surface area contributed by atoms with Gasteiger partial charge in [0.15, 0.2) is 0 Å². The largest absolute Gasteiger partial charge is 1.00 e. The zero-order chi connectivity index (χ0) is 24.5. The molecule has 0 saturated heterocycles. The smallest absolute Gasteiger partial charge is 0.0922 e. The Morgan fingerprint density at radius 1 is 0.559 bits per heavy atom. The summed E-state index contributed by atoms with van der Waals surface area (Å²) in [7, 11) is -0.626. The summed E-state index contributed by atoms with van der Waals surface area (Å²) < 4.78 is 0. The van der Waals surface area contributed by atoms with E-state index < -0.39 is 7.26 Å². The number of unbranched alkanes of at least 4 members (excludes halogenated alkanes) is 14. The fourth-order valence-corrected chi connectivity index (χ4v) is 9.97. The van der Waals surface area contributed by atoms with E-state index in [0.29, 0.717) is 0 Å². The molecule has 0 aliphatic rings. The van der Waals surface area contributed by atoms with Crippen LogP contribution >= 0.6 is 7.26 Å². The SMILES string of the molecule is CCCCCCCCCCCCCC[P+](CCCC)(CCCC)CCCC.Cc1c[nH]cn1.[Cl-]. The Bertz CT molecular complexity index is 456. The van der Waals surface area contributed by atoms with Gasteiger partial charge in [0.1, 0.15) is 0 Å². The van der Waals surface area contributed by atoms with Crippen LogP contribution in [0.15, 0.2) is 12.5 Å². The van der Waals surface area contributed by atoms with E-state index in [1.54, 1.807) is 37.4 Å². The summed E-state index contributed by atoms with van der Waals surface area (Å²) in [4.78, 5) is 6.68. The molecule has 204 valence electrons. The van der Waals surface area contributed by atoms with Crippen LogP contribution in [0.25, 0.3) is 0 Å². The van der Waals surface area contributed by atoms with Gasteiger partial charge >= 0.3 is 0 Å². The van der Waals surface area contributed by atoms with Crippen molar-refractivity contribution < 1.29 is 12.4 Å². The first-order chi connectivity index (χ1) is 16.1. The second-order valence-corrected chi connectivity index (χ2v) is 14.9. The number of aryl methyl sites for hydroxylation is 1. The van der Waals surface area contributed by atoms with E-state index in [4.69, 9.17) is 0 Å². The Hall–Kier alpha value is -0.0700. The summed E-state index contributed by atoms with van der Waals surface area (Å²) in [5.74, 6) is 0. The van der Waals surface area contributed by atoms with Crippen molar-refractivity contribution in [2.45, 2.75) is 150 Å². The van der Waals surface area contributed by atoms with Crippen LogP contribution in [0.1, 0.15) is 149 Å². The molecule has 34 heavy (non-hydrogen) atoms. The lowest BCUT2D eigenvalue weighted by molar-refractivity contribution is -0.00000769. The Balaban J connectivity index is 0. The van der Waals surface area contributed by atoms with E-state index in [9.17, 15) is 0 Å². The van der Waals surface area contributed by atoms with Crippen molar-refractivity contribution >= 4 is 7.26 Å². The number of aromatic nitrogens is 2. The van der Waals surface area contributed by atoms with Gasteiger partial charge in [-0.2, -0.15) is 0 Å². The van der Waals surface area contributed by atoms with Crippen molar-refractivity contribution in [3.63, 3.8) is 0 Å². The third kappa shape index (κ3) is 22.4. The molecule has 0 saturated carbocycles. The first-order valence-corrected chi connectivity index (χ1v) is 17.5. The van der Waals surface area contributed by atoms with Crippen LogP contribution in [-0.2, 0) is 0 Å². The van der Waals surface area contributed by atoms with Gasteiger partial charge in [-0.05, 0) is 39.0 Å². The van der Waals surface area contributed by atoms with Gasteiger partial charge in [0.25, 0.3) is 0 Å². The summed E-state index contributed by atoms with van der Waals surface area (Å²) in [6.45, 7) is 11.4. The Morgan fingerprint density at radius 2 is 0.912 bits per heavy atom. The van der Waals surface area contributed by atoms with Crippen molar-refractivity contribution in [2.24, 2.45) is 0 Å². The molecule has 0 aromatic carbocycles. The van der Waals surface area contributed by atoms with E-state index in [2.05, 4.69) is 37.7 Å². The molecule has 0 bridgehead atoms. The van der Waals surface area contributed by atoms with Gasteiger partial charge in [-0.15, -0.1) is 0 Å². The summed E-state index contributed by atoms with van der Waals surface area (Å²) in [5.41, 5.74) is 1.04. The van der Waals surface area contributed by atoms with Crippen LogP contribution in [0.4, 0.5) is 0 Å². The standard InChI is InChI=1S/C26H56P.C4H6N2.ClH/c1-5-9-13-14-15-16-17-18-19-20-21-22-26-27(23-10-6-2,24-11-7-3)25-12-8-4;1-4-2-5-3-6-4;/h5-26H2,1-4H3;2-3H,1H3,(H,5,6);1H/q+1;;/p-1. The first kappa shape index (κ1) is 36.1. The molecule has 0 unspecified atom stereocenters. The fraction of sp³-hybridized carbons (Fsp3) is 0.900. The number of nitrogens with one attached hydrogen (secondary N) is 1. The van der Waals surface area contributed by atoms with Crippen LogP contribution in [0, 0.1) is 6.92 Å². The number of halogens is 1. The van der Waals surface area contributed by atoms with Gasteiger partial charge in [0.05, 0.1) is 36.7 Å². The maximum atomic E-state index is 3.86. The number of hydrogen-bond acceptors (Lipinski definition) is 1. The molecule has 0 atom stereocenters. The van der Waals surface area contributed by atoms with Crippen LogP contribution < -0.4 is 12.4 Å². The number of hydrogen-bond donors (Lipinski definition) is 1. The molecule has 1 rings (SSSR count). The Kier molecular flexibility index (Phi) is 29.2. The molecule has 1 N–H and O–H groups in total. The van der Waals surface area contributed by atoms with Gasteiger partial charge in [-0.1, -0.05) is 111 Å². The third-order valence-electron chi connectivity index (χ3n) is 7.08. The number of H-pyrrole nitrogens is 1. The van der Waals surface area contributed by atoms with Crippen molar-refractivity contribution in [1.82, 2.24) is 9.97 Å². The van der Waals surface area contributed by atoms with Crippen LogP contribution in [0.2, 0.25) is 0 Å². The molecule has 1 aromatic rings. The molecular weight excluding hydrogens is 455 g/mol. The minimum atomic E-state index is -0.626. The minimum absolute atomic E-state index is 0. The van der Waals surface area contributed by atoms with Gasteiger partial charge in [-0.3, -0.25) is 0 Å². The van der Waals surface area contributed by atoms with Crippen LogP contribution in [0.3, 0.4) is 0 Å². The highest BCUT2D eigenvalue weighted by Crippen LogP contribution is 2.61. The zero-order valence-corrected chi connectivity index (χ0v) is 25.6.